The molecule has 0 aliphatic heterocycles. The Kier molecular flexibility index (Phi) is 3.28. The van der Waals surface area contributed by atoms with E-state index in [1.54, 1.807) is 0 Å². The van der Waals surface area contributed by atoms with Crippen LogP contribution in [-0.4, -0.2) is 9.97 Å². The average Bonchev–Trinajstić information content (AvgIpc) is 2.90. The van der Waals surface area contributed by atoms with E-state index in [4.69, 9.17) is 5.73 Å². The molecule has 0 unspecified atom stereocenters. The minimum absolute atomic E-state index is 0.548. The number of aromatic amines is 1. The summed E-state index contributed by atoms with van der Waals surface area (Å²) in [5.41, 5.74) is 11.3. The highest BCUT2D eigenvalue weighted by molar-refractivity contribution is 5.80. The molecule has 0 bridgehead atoms. The molecule has 102 valence electrons. The standard InChI is InChI=1S/C17H19N3/c1-11(2)13-4-6-14(7-5-13)17-19-15-8-3-12(10-18)9-16(15)20-17/h3-9,11H,10,18H2,1-2H3,(H,19,20). The first-order valence-corrected chi connectivity index (χ1v) is 6.96. The van der Waals surface area contributed by atoms with E-state index in [-0.39, 0.29) is 0 Å². The van der Waals surface area contributed by atoms with Gasteiger partial charge < -0.3 is 10.7 Å². The van der Waals surface area contributed by atoms with Gasteiger partial charge in [-0.15, -0.1) is 0 Å². The maximum atomic E-state index is 5.67. The Bertz CT molecular complexity index is 724. The third kappa shape index (κ3) is 2.32. The van der Waals surface area contributed by atoms with Gasteiger partial charge in [0.15, 0.2) is 0 Å². The first kappa shape index (κ1) is 12.9. The fourth-order valence-corrected chi connectivity index (χ4v) is 2.35. The zero-order valence-electron chi connectivity index (χ0n) is 11.9. The Morgan fingerprint density at radius 3 is 2.50 bits per heavy atom. The Morgan fingerprint density at radius 1 is 1.10 bits per heavy atom. The van der Waals surface area contributed by atoms with Crippen LogP contribution in [0.1, 0.15) is 30.9 Å². The van der Waals surface area contributed by atoms with Gasteiger partial charge in [-0.3, -0.25) is 0 Å². The number of rotatable bonds is 3. The predicted molar refractivity (Wildman–Crippen MR) is 83.5 cm³/mol. The fourth-order valence-electron chi connectivity index (χ4n) is 2.35. The normalized spacial score (nSPS) is 11.4. The molecule has 0 fully saturated rings. The summed E-state index contributed by atoms with van der Waals surface area (Å²) < 4.78 is 0. The Hall–Kier alpha value is -2.13. The topological polar surface area (TPSA) is 54.7 Å². The molecule has 0 saturated carbocycles. The average molecular weight is 265 g/mol. The van der Waals surface area contributed by atoms with Crippen LogP contribution in [0.25, 0.3) is 22.4 Å². The van der Waals surface area contributed by atoms with Gasteiger partial charge in [0.05, 0.1) is 11.0 Å². The lowest BCUT2D eigenvalue weighted by atomic mass is 10.0. The molecule has 1 aromatic heterocycles. The fraction of sp³-hybridized carbons (Fsp3) is 0.235. The molecule has 3 N–H and O–H groups in total. The molecule has 2 aromatic carbocycles. The lowest BCUT2D eigenvalue weighted by Gasteiger charge is -2.05. The minimum Gasteiger partial charge on any atom is -0.338 e. The number of imidazole rings is 1. The van der Waals surface area contributed by atoms with Crippen molar-refractivity contribution in [3.63, 3.8) is 0 Å². The number of H-pyrrole nitrogens is 1. The van der Waals surface area contributed by atoms with Crippen LogP contribution in [0.2, 0.25) is 0 Å². The predicted octanol–water partition coefficient (Wildman–Crippen LogP) is 3.81. The number of aromatic nitrogens is 2. The molecule has 3 heteroatoms. The van der Waals surface area contributed by atoms with Gasteiger partial charge in [-0.1, -0.05) is 44.2 Å². The second kappa shape index (κ2) is 5.10. The second-order valence-corrected chi connectivity index (χ2v) is 5.42. The minimum atomic E-state index is 0.548. The van der Waals surface area contributed by atoms with Crippen LogP contribution in [0.5, 0.6) is 0 Å². The first-order chi connectivity index (χ1) is 9.67. The molecular formula is C17H19N3. The van der Waals surface area contributed by atoms with Crippen molar-refractivity contribution in [3.05, 3.63) is 53.6 Å². The highest BCUT2D eigenvalue weighted by atomic mass is 14.9. The first-order valence-electron chi connectivity index (χ1n) is 6.96. The van der Waals surface area contributed by atoms with Crippen LogP contribution < -0.4 is 5.73 Å². The van der Waals surface area contributed by atoms with Crippen molar-refractivity contribution < 1.29 is 0 Å². The smallest absolute Gasteiger partial charge is 0.138 e. The van der Waals surface area contributed by atoms with Crippen molar-refractivity contribution >= 4 is 11.0 Å². The highest BCUT2D eigenvalue weighted by Gasteiger charge is 2.06. The quantitative estimate of drug-likeness (QED) is 0.756. The molecule has 3 rings (SSSR count). The molecule has 1 heterocycles. The molecule has 0 saturated heterocycles. The van der Waals surface area contributed by atoms with E-state index < -0.39 is 0 Å². The number of benzene rings is 2. The maximum Gasteiger partial charge on any atom is 0.138 e. The Balaban J connectivity index is 2.01. The van der Waals surface area contributed by atoms with E-state index >= 15 is 0 Å². The highest BCUT2D eigenvalue weighted by Crippen LogP contribution is 2.23. The monoisotopic (exact) mass is 265 g/mol. The van der Waals surface area contributed by atoms with E-state index in [0.717, 1.165) is 28.0 Å². The summed E-state index contributed by atoms with van der Waals surface area (Å²) in [6, 6.07) is 14.7. The number of hydrogen-bond acceptors (Lipinski definition) is 2. The zero-order valence-corrected chi connectivity index (χ0v) is 11.9. The molecule has 0 spiro atoms. The summed E-state index contributed by atoms with van der Waals surface area (Å²) >= 11 is 0. The van der Waals surface area contributed by atoms with Crippen molar-refractivity contribution in [3.8, 4) is 11.4 Å². The van der Waals surface area contributed by atoms with Gasteiger partial charge in [-0.05, 0) is 29.2 Å². The third-order valence-corrected chi connectivity index (χ3v) is 3.63. The molecule has 3 aromatic rings. The molecule has 0 radical (unpaired) electrons. The Morgan fingerprint density at radius 2 is 1.85 bits per heavy atom. The van der Waals surface area contributed by atoms with Gasteiger partial charge >= 0.3 is 0 Å². The summed E-state index contributed by atoms with van der Waals surface area (Å²) in [5.74, 6) is 1.45. The Labute approximate surface area is 118 Å². The molecular weight excluding hydrogens is 246 g/mol. The molecule has 3 nitrogen and oxygen atoms in total. The van der Waals surface area contributed by atoms with Crippen molar-refractivity contribution in [2.75, 3.05) is 0 Å². The van der Waals surface area contributed by atoms with Gasteiger partial charge in [-0.25, -0.2) is 4.98 Å². The summed E-state index contributed by atoms with van der Waals surface area (Å²) in [7, 11) is 0. The maximum absolute atomic E-state index is 5.67. The number of nitrogens with one attached hydrogen (secondary N) is 1. The third-order valence-electron chi connectivity index (χ3n) is 3.63. The molecule has 0 aliphatic carbocycles. The van der Waals surface area contributed by atoms with Crippen molar-refractivity contribution in [1.29, 1.82) is 0 Å². The van der Waals surface area contributed by atoms with E-state index in [2.05, 4.69) is 54.1 Å². The van der Waals surface area contributed by atoms with E-state index in [1.807, 2.05) is 12.1 Å². The van der Waals surface area contributed by atoms with Crippen LogP contribution >= 0.6 is 0 Å². The number of nitrogens with zero attached hydrogens (tertiary/aromatic N) is 1. The molecule has 20 heavy (non-hydrogen) atoms. The van der Waals surface area contributed by atoms with Gasteiger partial charge in [0.1, 0.15) is 5.82 Å². The summed E-state index contributed by atoms with van der Waals surface area (Å²) in [5, 5.41) is 0. The molecule has 0 aliphatic rings. The SMILES string of the molecule is CC(C)c1ccc(-c2nc3ccc(CN)cc3[nH]2)cc1. The van der Waals surface area contributed by atoms with Gasteiger partial charge in [0.2, 0.25) is 0 Å². The van der Waals surface area contributed by atoms with Crippen molar-refractivity contribution in [2.24, 2.45) is 5.73 Å². The second-order valence-electron chi connectivity index (χ2n) is 5.42. The van der Waals surface area contributed by atoms with Crippen LogP contribution in [0.3, 0.4) is 0 Å². The lowest BCUT2D eigenvalue weighted by Crippen LogP contribution is -1.95. The van der Waals surface area contributed by atoms with Crippen LogP contribution in [0.4, 0.5) is 0 Å². The van der Waals surface area contributed by atoms with Crippen LogP contribution in [-0.2, 0) is 6.54 Å². The number of fused-ring (bicyclic) bond motifs is 1. The van der Waals surface area contributed by atoms with Crippen molar-refractivity contribution in [1.82, 2.24) is 9.97 Å². The largest absolute Gasteiger partial charge is 0.338 e. The lowest BCUT2D eigenvalue weighted by molar-refractivity contribution is 0.867. The number of hydrogen-bond donors (Lipinski definition) is 2. The molecule has 0 amide bonds. The zero-order chi connectivity index (χ0) is 14.1. The summed E-state index contributed by atoms with van der Waals surface area (Å²) in [4.78, 5) is 8.01. The molecule has 0 atom stereocenters. The van der Waals surface area contributed by atoms with E-state index in [1.165, 1.54) is 5.56 Å². The van der Waals surface area contributed by atoms with Crippen LogP contribution in [0, 0.1) is 0 Å². The van der Waals surface area contributed by atoms with Gasteiger partial charge in [-0.2, -0.15) is 0 Å². The summed E-state index contributed by atoms with van der Waals surface area (Å²) in [6.45, 7) is 4.95. The summed E-state index contributed by atoms with van der Waals surface area (Å²) in [6.07, 6.45) is 0. The van der Waals surface area contributed by atoms with E-state index in [0.29, 0.717) is 12.5 Å². The van der Waals surface area contributed by atoms with Crippen molar-refractivity contribution in [2.45, 2.75) is 26.3 Å². The van der Waals surface area contributed by atoms with E-state index in [9.17, 15) is 0 Å². The number of nitrogens with two attached hydrogens (primary N) is 1. The van der Waals surface area contributed by atoms with Crippen LogP contribution in [0.15, 0.2) is 42.5 Å². The van der Waals surface area contributed by atoms with Gasteiger partial charge in [0, 0.05) is 12.1 Å². The van der Waals surface area contributed by atoms with Gasteiger partial charge in [0.25, 0.3) is 0 Å².